The zero-order valence-electron chi connectivity index (χ0n) is 14.4. The normalized spacial score (nSPS) is 16.3. The molecule has 0 unspecified atom stereocenters. The molecular formula is C20H23NO3. The van der Waals surface area contributed by atoms with E-state index < -0.39 is 0 Å². The number of carbonyl (C=O) groups is 1. The van der Waals surface area contributed by atoms with Crippen molar-refractivity contribution in [2.75, 3.05) is 18.5 Å². The molecule has 1 aliphatic rings. The Morgan fingerprint density at radius 2 is 1.67 bits per heavy atom. The molecule has 4 nitrogen and oxygen atoms in total. The van der Waals surface area contributed by atoms with E-state index >= 15 is 0 Å². The lowest BCUT2D eigenvalue weighted by molar-refractivity contribution is -0.116. The molecule has 2 aromatic carbocycles. The monoisotopic (exact) mass is 325 g/mol. The number of amides is 1. The summed E-state index contributed by atoms with van der Waals surface area (Å²) in [4.78, 5) is 12.2. The van der Waals surface area contributed by atoms with Crippen LogP contribution < -0.4 is 14.8 Å². The predicted octanol–water partition coefficient (Wildman–Crippen LogP) is 4.27. The van der Waals surface area contributed by atoms with Gasteiger partial charge in [-0.05, 0) is 38.0 Å². The van der Waals surface area contributed by atoms with E-state index in [0.717, 1.165) is 22.6 Å². The number of anilines is 1. The third-order valence-electron chi connectivity index (χ3n) is 4.23. The molecule has 0 saturated carbocycles. The number of hydrogen-bond acceptors (Lipinski definition) is 3. The fourth-order valence-corrected chi connectivity index (χ4v) is 3.10. The molecule has 24 heavy (non-hydrogen) atoms. The van der Waals surface area contributed by atoms with Crippen molar-refractivity contribution in [1.82, 2.24) is 0 Å². The van der Waals surface area contributed by atoms with Crippen LogP contribution in [0.2, 0.25) is 0 Å². The van der Waals surface area contributed by atoms with E-state index in [4.69, 9.17) is 9.47 Å². The average molecular weight is 325 g/mol. The van der Waals surface area contributed by atoms with Crippen molar-refractivity contribution in [3.05, 3.63) is 53.1 Å². The molecule has 126 valence electrons. The Labute approximate surface area is 142 Å². The van der Waals surface area contributed by atoms with Crippen LogP contribution in [0.3, 0.4) is 0 Å². The van der Waals surface area contributed by atoms with Gasteiger partial charge in [0, 0.05) is 24.1 Å². The number of ether oxygens (including phenoxy) is 2. The van der Waals surface area contributed by atoms with Crippen LogP contribution in [-0.2, 0) is 4.79 Å². The second-order valence-corrected chi connectivity index (χ2v) is 5.97. The highest BCUT2D eigenvalue weighted by Gasteiger charge is 2.28. The van der Waals surface area contributed by atoms with Crippen molar-refractivity contribution in [1.29, 1.82) is 0 Å². The third-order valence-corrected chi connectivity index (χ3v) is 4.23. The summed E-state index contributed by atoms with van der Waals surface area (Å²) in [7, 11) is 0. The number of fused-ring (bicyclic) bond motifs is 1. The van der Waals surface area contributed by atoms with Gasteiger partial charge in [0.25, 0.3) is 0 Å². The van der Waals surface area contributed by atoms with Crippen molar-refractivity contribution < 1.29 is 14.3 Å². The Balaban J connectivity index is 2.08. The van der Waals surface area contributed by atoms with E-state index in [-0.39, 0.29) is 11.8 Å². The number of rotatable bonds is 5. The summed E-state index contributed by atoms with van der Waals surface area (Å²) in [5, 5.41) is 2.96. The summed E-state index contributed by atoms with van der Waals surface area (Å²) in [6.45, 7) is 7.07. The third kappa shape index (κ3) is 3.23. The van der Waals surface area contributed by atoms with E-state index in [1.807, 2.05) is 26.0 Å². The standard InChI is InChI=1S/C20H23NO3/c1-4-23-18-10-16-15(14-8-6-13(3)7-9-14)11-20(22)21-17(16)12-19(18)24-5-2/h6-10,12,15H,4-5,11H2,1-3H3,(H,21,22)/t15-/m1/s1. The van der Waals surface area contributed by atoms with Gasteiger partial charge in [0.05, 0.1) is 13.2 Å². The van der Waals surface area contributed by atoms with Crippen LogP contribution in [0.4, 0.5) is 5.69 Å². The highest BCUT2D eigenvalue weighted by molar-refractivity contribution is 5.96. The van der Waals surface area contributed by atoms with Crippen molar-refractivity contribution in [2.45, 2.75) is 33.1 Å². The number of nitrogens with one attached hydrogen (secondary N) is 1. The summed E-state index contributed by atoms with van der Waals surface area (Å²) in [5.41, 5.74) is 4.23. The highest BCUT2D eigenvalue weighted by Crippen LogP contribution is 2.43. The van der Waals surface area contributed by atoms with Gasteiger partial charge in [-0.3, -0.25) is 4.79 Å². The van der Waals surface area contributed by atoms with Gasteiger partial charge >= 0.3 is 0 Å². The maximum Gasteiger partial charge on any atom is 0.225 e. The summed E-state index contributed by atoms with van der Waals surface area (Å²) in [5.74, 6) is 1.46. The molecule has 2 aromatic rings. The van der Waals surface area contributed by atoms with Crippen LogP contribution in [0.1, 0.15) is 42.9 Å². The van der Waals surface area contributed by atoms with Crippen molar-refractivity contribution >= 4 is 11.6 Å². The van der Waals surface area contributed by atoms with Gasteiger partial charge in [-0.15, -0.1) is 0 Å². The summed E-state index contributed by atoms with van der Waals surface area (Å²) in [6, 6.07) is 12.2. The molecule has 0 saturated heterocycles. The first-order valence-electron chi connectivity index (χ1n) is 8.42. The minimum Gasteiger partial charge on any atom is -0.490 e. The second kappa shape index (κ2) is 6.95. The molecular weight excluding hydrogens is 302 g/mol. The van der Waals surface area contributed by atoms with Crippen LogP contribution in [0, 0.1) is 6.92 Å². The van der Waals surface area contributed by atoms with Gasteiger partial charge in [0.15, 0.2) is 11.5 Å². The molecule has 0 bridgehead atoms. The quantitative estimate of drug-likeness (QED) is 0.893. The zero-order valence-corrected chi connectivity index (χ0v) is 14.4. The molecule has 0 spiro atoms. The zero-order chi connectivity index (χ0) is 17.1. The molecule has 0 radical (unpaired) electrons. The van der Waals surface area contributed by atoms with E-state index in [1.165, 1.54) is 5.56 Å². The van der Waals surface area contributed by atoms with E-state index in [1.54, 1.807) is 0 Å². The lowest BCUT2D eigenvalue weighted by atomic mass is 9.84. The molecule has 0 aliphatic carbocycles. The lowest BCUT2D eigenvalue weighted by Crippen LogP contribution is -2.23. The lowest BCUT2D eigenvalue weighted by Gasteiger charge is -2.27. The van der Waals surface area contributed by atoms with Gasteiger partial charge < -0.3 is 14.8 Å². The first-order chi connectivity index (χ1) is 11.6. The van der Waals surface area contributed by atoms with Gasteiger partial charge in [0.1, 0.15) is 0 Å². The van der Waals surface area contributed by atoms with Crippen molar-refractivity contribution in [3.63, 3.8) is 0 Å². The molecule has 0 fully saturated rings. The van der Waals surface area contributed by atoms with Gasteiger partial charge in [0.2, 0.25) is 5.91 Å². The van der Waals surface area contributed by atoms with Crippen LogP contribution in [0.5, 0.6) is 11.5 Å². The maximum absolute atomic E-state index is 12.2. The summed E-state index contributed by atoms with van der Waals surface area (Å²) < 4.78 is 11.4. The fraction of sp³-hybridized carbons (Fsp3) is 0.350. The second-order valence-electron chi connectivity index (χ2n) is 5.97. The summed E-state index contributed by atoms with van der Waals surface area (Å²) in [6.07, 6.45) is 0.440. The molecule has 1 N–H and O–H groups in total. The first kappa shape index (κ1) is 16.4. The van der Waals surface area contributed by atoms with E-state index in [2.05, 4.69) is 36.5 Å². The van der Waals surface area contributed by atoms with E-state index in [0.29, 0.717) is 25.4 Å². The average Bonchev–Trinajstić information content (AvgIpc) is 2.56. The molecule has 1 atom stereocenters. The van der Waals surface area contributed by atoms with Gasteiger partial charge in [-0.2, -0.15) is 0 Å². The Kier molecular flexibility index (Phi) is 4.74. The van der Waals surface area contributed by atoms with Crippen LogP contribution in [0.25, 0.3) is 0 Å². The maximum atomic E-state index is 12.2. The smallest absolute Gasteiger partial charge is 0.225 e. The molecule has 1 heterocycles. The minimum absolute atomic E-state index is 0.0275. The Morgan fingerprint density at radius 1 is 1.04 bits per heavy atom. The largest absolute Gasteiger partial charge is 0.490 e. The number of aryl methyl sites for hydroxylation is 1. The molecule has 0 aromatic heterocycles. The van der Waals surface area contributed by atoms with Crippen LogP contribution in [0.15, 0.2) is 36.4 Å². The Bertz CT molecular complexity index is 737. The first-order valence-corrected chi connectivity index (χ1v) is 8.42. The molecule has 3 rings (SSSR count). The predicted molar refractivity (Wildman–Crippen MR) is 95.0 cm³/mol. The number of hydrogen-bond donors (Lipinski definition) is 1. The number of carbonyl (C=O) groups excluding carboxylic acids is 1. The Hall–Kier alpha value is -2.49. The molecule has 1 amide bonds. The van der Waals surface area contributed by atoms with Crippen molar-refractivity contribution in [2.24, 2.45) is 0 Å². The van der Waals surface area contributed by atoms with Crippen LogP contribution in [-0.4, -0.2) is 19.1 Å². The SMILES string of the molecule is CCOc1cc2c(cc1OCC)[C@@H](c1ccc(C)cc1)CC(=O)N2. The van der Waals surface area contributed by atoms with Gasteiger partial charge in [-0.1, -0.05) is 29.8 Å². The van der Waals surface area contributed by atoms with Gasteiger partial charge in [-0.25, -0.2) is 0 Å². The molecule has 1 aliphatic heterocycles. The Morgan fingerprint density at radius 3 is 2.29 bits per heavy atom. The van der Waals surface area contributed by atoms with E-state index in [9.17, 15) is 4.79 Å². The molecule has 4 heteroatoms. The fourth-order valence-electron chi connectivity index (χ4n) is 3.10. The van der Waals surface area contributed by atoms with Crippen LogP contribution >= 0.6 is 0 Å². The van der Waals surface area contributed by atoms with Crippen molar-refractivity contribution in [3.8, 4) is 11.5 Å². The number of benzene rings is 2. The highest BCUT2D eigenvalue weighted by atomic mass is 16.5. The summed E-state index contributed by atoms with van der Waals surface area (Å²) >= 11 is 0. The minimum atomic E-state index is 0.0275. The topological polar surface area (TPSA) is 47.6 Å².